The van der Waals surface area contributed by atoms with Gasteiger partial charge in [0.2, 0.25) is 0 Å². The minimum Gasteiger partial charge on any atom is -0.379 e. The Hall–Kier alpha value is -1.80. The minimum absolute atomic E-state index is 0.0184. The zero-order valence-electron chi connectivity index (χ0n) is 13.0. The number of nitrogens with one attached hydrogen (secondary N) is 1. The Labute approximate surface area is 137 Å². The first kappa shape index (κ1) is 17.0. The van der Waals surface area contributed by atoms with E-state index in [0.29, 0.717) is 38.5 Å². The molecule has 0 unspecified atom stereocenters. The van der Waals surface area contributed by atoms with Crippen LogP contribution in [0.25, 0.3) is 0 Å². The molecule has 0 radical (unpaired) electrons. The monoisotopic (exact) mass is 344 g/mol. The summed E-state index contributed by atoms with van der Waals surface area (Å²) in [7, 11) is 0. The molecule has 2 fully saturated rings. The van der Waals surface area contributed by atoms with Crippen LogP contribution in [0.2, 0.25) is 0 Å². The minimum atomic E-state index is -4.36. The van der Waals surface area contributed by atoms with E-state index in [4.69, 9.17) is 9.47 Å². The number of carbonyl (C=O) groups excluding carboxylic acids is 1. The molecule has 2 atom stereocenters. The van der Waals surface area contributed by atoms with E-state index in [1.165, 1.54) is 12.1 Å². The number of amides is 2. The highest BCUT2D eigenvalue weighted by atomic mass is 19.4. The third kappa shape index (κ3) is 3.99. The van der Waals surface area contributed by atoms with Gasteiger partial charge in [-0.1, -0.05) is 12.1 Å². The van der Waals surface area contributed by atoms with Crippen molar-refractivity contribution in [2.24, 2.45) is 0 Å². The molecule has 2 saturated heterocycles. The molecule has 0 aromatic heterocycles. The van der Waals surface area contributed by atoms with Gasteiger partial charge in [0.25, 0.3) is 0 Å². The van der Waals surface area contributed by atoms with Crippen LogP contribution in [-0.4, -0.2) is 49.9 Å². The van der Waals surface area contributed by atoms with Crippen LogP contribution in [0.15, 0.2) is 24.3 Å². The lowest BCUT2D eigenvalue weighted by molar-refractivity contribution is -0.137. The summed E-state index contributed by atoms with van der Waals surface area (Å²) in [6.07, 6.45) is -3.99. The van der Waals surface area contributed by atoms with Crippen LogP contribution < -0.4 is 5.32 Å². The molecular formula is C16H19F3N2O3. The van der Waals surface area contributed by atoms with Crippen LogP contribution in [0, 0.1) is 0 Å². The van der Waals surface area contributed by atoms with Gasteiger partial charge in [-0.15, -0.1) is 0 Å². The van der Waals surface area contributed by atoms with Gasteiger partial charge in [0, 0.05) is 13.2 Å². The third-order valence-electron chi connectivity index (χ3n) is 4.22. The Kier molecular flexibility index (Phi) is 4.96. The SMILES string of the molecule is O=C(N[C@H]1CCOC1)N1CCO[C@@H](c2ccc(C(F)(F)F)cc2)C1. The number of halogens is 3. The molecule has 0 spiro atoms. The van der Waals surface area contributed by atoms with Crippen LogP contribution in [0.4, 0.5) is 18.0 Å². The van der Waals surface area contributed by atoms with Crippen LogP contribution in [-0.2, 0) is 15.7 Å². The van der Waals surface area contributed by atoms with Gasteiger partial charge < -0.3 is 19.7 Å². The highest BCUT2D eigenvalue weighted by Crippen LogP contribution is 2.31. The van der Waals surface area contributed by atoms with Crippen molar-refractivity contribution in [2.45, 2.75) is 24.7 Å². The number of morpholine rings is 1. The maximum Gasteiger partial charge on any atom is 0.416 e. The van der Waals surface area contributed by atoms with Crippen molar-refractivity contribution in [3.63, 3.8) is 0 Å². The first-order valence-corrected chi connectivity index (χ1v) is 7.85. The van der Waals surface area contributed by atoms with Crippen molar-refractivity contribution < 1.29 is 27.4 Å². The van der Waals surface area contributed by atoms with Crippen molar-refractivity contribution in [3.8, 4) is 0 Å². The summed E-state index contributed by atoms with van der Waals surface area (Å²) < 4.78 is 48.7. The van der Waals surface area contributed by atoms with Gasteiger partial charge in [-0.25, -0.2) is 4.79 Å². The van der Waals surface area contributed by atoms with Crippen molar-refractivity contribution >= 4 is 6.03 Å². The quantitative estimate of drug-likeness (QED) is 0.897. The van der Waals surface area contributed by atoms with Crippen molar-refractivity contribution in [3.05, 3.63) is 35.4 Å². The maximum atomic E-state index is 12.6. The fraction of sp³-hybridized carbons (Fsp3) is 0.562. The molecule has 0 bridgehead atoms. The largest absolute Gasteiger partial charge is 0.416 e. The van der Waals surface area contributed by atoms with E-state index in [-0.39, 0.29) is 12.1 Å². The Bertz CT molecular complexity index is 571. The molecule has 2 heterocycles. The van der Waals surface area contributed by atoms with Gasteiger partial charge in [-0.2, -0.15) is 13.2 Å². The van der Waals surface area contributed by atoms with E-state index in [0.717, 1.165) is 18.6 Å². The van der Waals surface area contributed by atoms with Gasteiger partial charge in [0.15, 0.2) is 0 Å². The molecule has 2 aliphatic rings. The summed E-state index contributed by atoms with van der Waals surface area (Å²) in [6, 6.07) is 4.70. The Morgan fingerprint density at radius 2 is 1.96 bits per heavy atom. The highest BCUT2D eigenvalue weighted by molar-refractivity contribution is 5.74. The van der Waals surface area contributed by atoms with E-state index in [9.17, 15) is 18.0 Å². The van der Waals surface area contributed by atoms with Crippen molar-refractivity contribution in [2.75, 3.05) is 32.9 Å². The molecule has 1 aromatic rings. The van der Waals surface area contributed by atoms with Crippen LogP contribution in [0.5, 0.6) is 0 Å². The summed E-state index contributed by atoms with van der Waals surface area (Å²) in [4.78, 5) is 13.9. The molecule has 1 N–H and O–H groups in total. The van der Waals surface area contributed by atoms with E-state index in [1.54, 1.807) is 4.90 Å². The lowest BCUT2D eigenvalue weighted by atomic mass is 10.1. The van der Waals surface area contributed by atoms with Crippen LogP contribution in [0.3, 0.4) is 0 Å². The molecule has 2 amide bonds. The van der Waals surface area contributed by atoms with Crippen LogP contribution in [0.1, 0.15) is 23.7 Å². The number of benzene rings is 1. The van der Waals surface area contributed by atoms with Crippen molar-refractivity contribution in [1.29, 1.82) is 0 Å². The predicted octanol–water partition coefficient (Wildman–Crippen LogP) is 2.58. The number of rotatable bonds is 2. The predicted molar refractivity (Wildman–Crippen MR) is 79.5 cm³/mol. The second-order valence-corrected chi connectivity index (χ2v) is 5.94. The first-order chi connectivity index (χ1) is 11.4. The summed E-state index contributed by atoms with van der Waals surface area (Å²) >= 11 is 0. The summed E-state index contributed by atoms with van der Waals surface area (Å²) in [5.74, 6) is 0. The lowest BCUT2D eigenvalue weighted by Crippen LogP contribution is -2.50. The van der Waals surface area contributed by atoms with Gasteiger partial charge in [0.1, 0.15) is 6.10 Å². The number of hydrogen-bond donors (Lipinski definition) is 1. The molecule has 0 aliphatic carbocycles. The van der Waals surface area contributed by atoms with E-state index in [1.807, 2.05) is 0 Å². The number of alkyl halides is 3. The van der Waals surface area contributed by atoms with Gasteiger partial charge in [0.05, 0.1) is 31.4 Å². The highest BCUT2D eigenvalue weighted by Gasteiger charge is 2.31. The molecule has 2 aliphatic heterocycles. The standard InChI is InChI=1S/C16H19F3N2O3/c17-16(18,19)12-3-1-11(2-4-12)14-9-21(6-8-24-14)15(22)20-13-5-7-23-10-13/h1-4,13-14H,5-10H2,(H,20,22)/t13-,14+/m0/s1. The van der Waals surface area contributed by atoms with Crippen LogP contribution >= 0.6 is 0 Å². The fourth-order valence-corrected chi connectivity index (χ4v) is 2.84. The molecular weight excluding hydrogens is 325 g/mol. The second kappa shape index (κ2) is 6.98. The summed E-state index contributed by atoms with van der Waals surface area (Å²) in [5, 5.41) is 2.91. The maximum absolute atomic E-state index is 12.6. The lowest BCUT2D eigenvalue weighted by Gasteiger charge is -2.33. The third-order valence-corrected chi connectivity index (χ3v) is 4.22. The second-order valence-electron chi connectivity index (χ2n) is 5.94. The summed E-state index contributed by atoms with van der Waals surface area (Å²) in [5.41, 5.74) is -0.0670. The van der Waals surface area contributed by atoms with E-state index in [2.05, 4.69) is 5.32 Å². The topological polar surface area (TPSA) is 50.8 Å². The Morgan fingerprint density at radius 3 is 2.58 bits per heavy atom. The number of hydrogen-bond acceptors (Lipinski definition) is 3. The van der Waals surface area contributed by atoms with E-state index < -0.39 is 17.8 Å². The normalized spacial score (nSPS) is 24.9. The number of carbonyl (C=O) groups is 1. The molecule has 24 heavy (non-hydrogen) atoms. The van der Waals surface area contributed by atoms with Gasteiger partial charge in [-0.05, 0) is 24.1 Å². The van der Waals surface area contributed by atoms with Crippen molar-refractivity contribution in [1.82, 2.24) is 10.2 Å². The van der Waals surface area contributed by atoms with Gasteiger partial charge >= 0.3 is 12.2 Å². The average Bonchev–Trinajstić information content (AvgIpc) is 3.07. The zero-order valence-corrected chi connectivity index (χ0v) is 13.0. The Morgan fingerprint density at radius 1 is 1.21 bits per heavy atom. The average molecular weight is 344 g/mol. The molecule has 8 heteroatoms. The number of urea groups is 1. The number of nitrogens with zero attached hydrogens (tertiary/aromatic N) is 1. The molecule has 1 aromatic carbocycles. The molecule has 5 nitrogen and oxygen atoms in total. The zero-order chi connectivity index (χ0) is 17.2. The van der Waals surface area contributed by atoms with Gasteiger partial charge in [-0.3, -0.25) is 0 Å². The first-order valence-electron chi connectivity index (χ1n) is 7.85. The smallest absolute Gasteiger partial charge is 0.379 e. The molecule has 0 saturated carbocycles. The fourth-order valence-electron chi connectivity index (χ4n) is 2.84. The number of ether oxygens (including phenoxy) is 2. The van der Waals surface area contributed by atoms with E-state index >= 15 is 0 Å². The Balaban J connectivity index is 1.61. The molecule has 132 valence electrons. The molecule has 3 rings (SSSR count). The summed E-state index contributed by atoms with van der Waals surface area (Å²) in [6.45, 7) is 2.27.